The molecule has 2 rings (SSSR count). The van der Waals surface area contributed by atoms with Crippen LogP contribution in [-0.4, -0.2) is 16.1 Å². The molecule has 0 saturated carbocycles. The SMILES string of the molecule is Cc1nccn1Cc1occc1CNCC(C)C. The average Bonchev–Trinajstić information content (AvgIpc) is 2.90. The summed E-state index contributed by atoms with van der Waals surface area (Å²) in [6.45, 7) is 9.04. The van der Waals surface area contributed by atoms with Gasteiger partial charge in [0.25, 0.3) is 0 Å². The van der Waals surface area contributed by atoms with E-state index in [-0.39, 0.29) is 0 Å². The smallest absolute Gasteiger partial charge is 0.127 e. The van der Waals surface area contributed by atoms with Crippen molar-refractivity contribution in [3.8, 4) is 0 Å². The number of nitrogens with one attached hydrogen (secondary N) is 1. The highest BCUT2D eigenvalue weighted by Crippen LogP contribution is 2.13. The number of hydrogen-bond acceptors (Lipinski definition) is 3. The Labute approximate surface area is 108 Å². The van der Waals surface area contributed by atoms with E-state index in [0.29, 0.717) is 5.92 Å². The summed E-state index contributed by atoms with van der Waals surface area (Å²) in [4.78, 5) is 4.22. The van der Waals surface area contributed by atoms with Crippen LogP contribution in [0.2, 0.25) is 0 Å². The second kappa shape index (κ2) is 5.87. The maximum Gasteiger partial charge on any atom is 0.127 e. The van der Waals surface area contributed by atoms with E-state index in [1.807, 2.05) is 25.4 Å². The van der Waals surface area contributed by atoms with Gasteiger partial charge in [0.2, 0.25) is 0 Å². The molecule has 0 radical (unpaired) electrons. The van der Waals surface area contributed by atoms with E-state index in [9.17, 15) is 0 Å². The van der Waals surface area contributed by atoms with Crippen LogP contribution in [0.25, 0.3) is 0 Å². The largest absolute Gasteiger partial charge is 0.467 e. The van der Waals surface area contributed by atoms with Crippen molar-refractivity contribution in [3.63, 3.8) is 0 Å². The Morgan fingerprint density at radius 3 is 2.94 bits per heavy atom. The number of rotatable bonds is 6. The van der Waals surface area contributed by atoms with Crippen LogP contribution in [-0.2, 0) is 13.1 Å². The molecule has 0 spiro atoms. The molecule has 2 aromatic heterocycles. The fraction of sp³-hybridized carbons (Fsp3) is 0.500. The van der Waals surface area contributed by atoms with Gasteiger partial charge in [0.1, 0.15) is 11.6 Å². The summed E-state index contributed by atoms with van der Waals surface area (Å²) in [5.74, 6) is 2.68. The van der Waals surface area contributed by atoms with Gasteiger partial charge in [-0.1, -0.05) is 13.8 Å². The van der Waals surface area contributed by atoms with Gasteiger partial charge in [-0.25, -0.2) is 4.98 Å². The highest BCUT2D eigenvalue weighted by Gasteiger charge is 2.08. The molecule has 0 saturated heterocycles. The van der Waals surface area contributed by atoms with E-state index in [0.717, 1.165) is 31.2 Å². The van der Waals surface area contributed by atoms with Crippen LogP contribution in [0.15, 0.2) is 29.1 Å². The molecule has 0 unspecified atom stereocenters. The number of nitrogens with zero attached hydrogens (tertiary/aromatic N) is 2. The van der Waals surface area contributed by atoms with E-state index in [4.69, 9.17) is 4.42 Å². The van der Waals surface area contributed by atoms with Crippen molar-refractivity contribution < 1.29 is 4.42 Å². The summed E-state index contributed by atoms with van der Waals surface area (Å²) in [5, 5.41) is 3.44. The number of aryl methyl sites for hydroxylation is 1. The maximum absolute atomic E-state index is 5.56. The molecule has 0 atom stereocenters. The Hall–Kier alpha value is -1.55. The lowest BCUT2D eigenvalue weighted by molar-refractivity contribution is 0.479. The third kappa shape index (κ3) is 3.23. The first-order chi connectivity index (χ1) is 8.66. The van der Waals surface area contributed by atoms with Crippen LogP contribution in [0, 0.1) is 12.8 Å². The fourth-order valence-corrected chi connectivity index (χ4v) is 1.88. The summed E-state index contributed by atoms with van der Waals surface area (Å²) < 4.78 is 7.65. The molecule has 0 aliphatic carbocycles. The van der Waals surface area contributed by atoms with Gasteiger partial charge in [-0.05, 0) is 25.5 Å². The minimum absolute atomic E-state index is 0.663. The molecule has 2 heterocycles. The van der Waals surface area contributed by atoms with E-state index >= 15 is 0 Å². The Morgan fingerprint density at radius 1 is 1.44 bits per heavy atom. The summed E-state index contributed by atoms with van der Waals surface area (Å²) in [6, 6.07) is 2.04. The van der Waals surface area contributed by atoms with Crippen LogP contribution in [0.5, 0.6) is 0 Å². The first kappa shape index (κ1) is 12.9. The molecule has 0 aliphatic heterocycles. The Balaban J connectivity index is 1.97. The fourth-order valence-electron chi connectivity index (χ4n) is 1.88. The highest BCUT2D eigenvalue weighted by molar-refractivity contribution is 5.17. The van der Waals surface area contributed by atoms with Crippen LogP contribution < -0.4 is 5.32 Å². The molecule has 98 valence electrons. The Bertz CT molecular complexity index is 485. The lowest BCUT2D eigenvalue weighted by Gasteiger charge is -2.08. The van der Waals surface area contributed by atoms with Gasteiger partial charge in [-0.15, -0.1) is 0 Å². The lowest BCUT2D eigenvalue weighted by Crippen LogP contribution is -2.19. The minimum Gasteiger partial charge on any atom is -0.467 e. The molecule has 18 heavy (non-hydrogen) atoms. The second-order valence-corrected chi connectivity index (χ2v) is 5.00. The lowest BCUT2D eigenvalue weighted by atomic mass is 10.2. The monoisotopic (exact) mass is 247 g/mol. The Morgan fingerprint density at radius 2 is 2.28 bits per heavy atom. The maximum atomic E-state index is 5.56. The normalized spacial score (nSPS) is 11.3. The van der Waals surface area contributed by atoms with Gasteiger partial charge in [0, 0.05) is 24.5 Å². The van der Waals surface area contributed by atoms with E-state index < -0.39 is 0 Å². The first-order valence-electron chi connectivity index (χ1n) is 6.40. The van der Waals surface area contributed by atoms with Gasteiger partial charge >= 0.3 is 0 Å². The van der Waals surface area contributed by atoms with Gasteiger partial charge in [-0.2, -0.15) is 0 Å². The van der Waals surface area contributed by atoms with Crippen molar-refractivity contribution in [1.82, 2.24) is 14.9 Å². The average molecular weight is 247 g/mol. The van der Waals surface area contributed by atoms with E-state index in [1.54, 1.807) is 6.26 Å². The van der Waals surface area contributed by atoms with Crippen molar-refractivity contribution in [3.05, 3.63) is 41.9 Å². The molecule has 4 nitrogen and oxygen atoms in total. The van der Waals surface area contributed by atoms with Gasteiger partial charge < -0.3 is 14.3 Å². The summed E-state index contributed by atoms with van der Waals surface area (Å²) in [5.41, 5.74) is 1.23. The molecular weight excluding hydrogens is 226 g/mol. The predicted molar refractivity (Wildman–Crippen MR) is 71.3 cm³/mol. The number of aromatic nitrogens is 2. The molecule has 1 N–H and O–H groups in total. The van der Waals surface area contributed by atoms with E-state index in [1.165, 1.54) is 5.56 Å². The summed E-state index contributed by atoms with van der Waals surface area (Å²) in [7, 11) is 0. The molecule has 0 amide bonds. The zero-order valence-corrected chi connectivity index (χ0v) is 11.3. The number of hydrogen-bond donors (Lipinski definition) is 1. The third-order valence-electron chi connectivity index (χ3n) is 2.94. The highest BCUT2D eigenvalue weighted by atomic mass is 16.3. The first-order valence-corrected chi connectivity index (χ1v) is 6.40. The van der Waals surface area contributed by atoms with Crippen molar-refractivity contribution in [1.29, 1.82) is 0 Å². The van der Waals surface area contributed by atoms with E-state index in [2.05, 4.69) is 28.7 Å². The minimum atomic E-state index is 0.663. The van der Waals surface area contributed by atoms with Crippen molar-refractivity contribution in [2.75, 3.05) is 6.54 Å². The molecule has 4 heteroatoms. The zero-order chi connectivity index (χ0) is 13.0. The van der Waals surface area contributed by atoms with Crippen molar-refractivity contribution in [2.45, 2.75) is 33.9 Å². The number of imidazole rings is 1. The third-order valence-corrected chi connectivity index (χ3v) is 2.94. The van der Waals surface area contributed by atoms with Gasteiger partial charge in [-0.3, -0.25) is 0 Å². The Kier molecular flexibility index (Phi) is 4.20. The van der Waals surface area contributed by atoms with Gasteiger partial charge in [0.15, 0.2) is 0 Å². The number of furan rings is 1. The molecular formula is C14H21N3O. The van der Waals surface area contributed by atoms with Gasteiger partial charge in [0.05, 0.1) is 12.8 Å². The van der Waals surface area contributed by atoms with Crippen molar-refractivity contribution in [2.24, 2.45) is 5.92 Å². The second-order valence-electron chi connectivity index (χ2n) is 5.00. The van der Waals surface area contributed by atoms with Crippen LogP contribution >= 0.6 is 0 Å². The molecule has 2 aromatic rings. The molecule has 0 bridgehead atoms. The molecule has 0 aromatic carbocycles. The zero-order valence-electron chi connectivity index (χ0n) is 11.3. The summed E-state index contributed by atoms with van der Waals surface area (Å²) in [6.07, 6.45) is 5.55. The van der Waals surface area contributed by atoms with Crippen molar-refractivity contribution >= 4 is 0 Å². The molecule has 0 fully saturated rings. The molecule has 0 aliphatic rings. The van der Waals surface area contributed by atoms with Crippen LogP contribution in [0.3, 0.4) is 0 Å². The quantitative estimate of drug-likeness (QED) is 0.853. The predicted octanol–water partition coefficient (Wildman–Crippen LogP) is 2.58. The van der Waals surface area contributed by atoms with Crippen LogP contribution in [0.4, 0.5) is 0 Å². The van der Waals surface area contributed by atoms with Crippen LogP contribution in [0.1, 0.15) is 31.0 Å². The topological polar surface area (TPSA) is 43.0 Å². The standard InChI is InChI=1S/C14H21N3O/c1-11(2)8-15-9-13-4-7-18-14(13)10-17-6-5-16-12(17)3/h4-7,11,15H,8-10H2,1-3H3. The summed E-state index contributed by atoms with van der Waals surface area (Å²) >= 11 is 0.